The van der Waals surface area contributed by atoms with Crippen molar-refractivity contribution in [3.8, 4) is 0 Å². The molecule has 1 amide bonds. The van der Waals surface area contributed by atoms with Crippen LogP contribution in [0.1, 0.15) is 44.4 Å². The average Bonchev–Trinajstić information content (AvgIpc) is 2.58. The highest BCUT2D eigenvalue weighted by Crippen LogP contribution is 2.45. The summed E-state index contributed by atoms with van der Waals surface area (Å²) in [5.74, 6) is -2.58. The third-order valence-electron chi connectivity index (χ3n) is 4.31. The lowest BCUT2D eigenvalue weighted by Gasteiger charge is -2.39. The summed E-state index contributed by atoms with van der Waals surface area (Å²) in [4.78, 5) is 14.2. The number of fused-ring (bicyclic) bond motifs is 1. The topological polar surface area (TPSA) is 29.5 Å². The van der Waals surface area contributed by atoms with Crippen LogP contribution in [0.15, 0.2) is 34.8 Å². The molecule has 1 atom stereocenters. The van der Waals surface area contributed by atoms with Gasteiger partial charge in [-0.3, -0.25) is 4.90 Å². The number of rotatable bonds is 1. The van der Waals surface area contributed by atoms with Crippen molar-refractivity contribution in [2.75, 3.05) is 4.90 Å². The van der Waals surface area contributed by atoms with E-state index in [4.69, 9.17) is 4.74 Å². The monoisotopic (exact) mass is 441 g/mol. The van der Waals surface area contributed by atoms with E-state index in [2.05, 4.69) is 15.9 Å². The molecule has 1 aliphatic rings. The molecule has 3 rings (SSSR count). The molecule has 144 valence electrons. The molecule has 0 radical (unpaired) electrons. The molecule has 0 spiro atoms. The van der Waals surface area contributed by atoms with Crippen LogP contribution in [0.5, 0.6) is 0 Å². The van der Waals surface area contributed by atoms with Gasteiger partial charge in [-0.05, 0) is 67.2 Å². The fourth-order valence-electron chi connectivity index (χ4n) is 3.23. The third kappa shape index (κ3) is 3.83. The Morgan fingerprint density at radius 1 is 1.19 bits per heavy atom. The smallest absolute Gasteiger partial charge is 0.415 e. The summed E-state index contributed by atoms with van der Waals surface area (Å²) in [7, 11) is 0. The Morgan fingerprint density at radius 2 is 1.85 bits per heavy atom. The van der Waals surface area contributed by atoms with Crippen LogP contribution in [0, 0.1) is 17.5 Å². The van der Waals surface area contributed by atoms with Crippen molar-refractivity contribution in [1.82, 2.24) is 0 Å². The predicted molar refractivity (Wildman–Crippen MR) is 100 cm³/mol. The molecule has 0 aromatic heterocycles. The van der Waals surface area contributed by atoms with Gasteiger partial charge in [-0.1, -0.05) is 18.2 Å². The minimum absolute atomic E-state index is 0.169. The van der Waals surface area contributed by atoms with E-state index in [0.29, 0.717) is 24.0 Å². The quantitative estimate of drug-likeness (QED) is 0.486. The number of halogens is 4. The van der Waals surface area contributed by atoms with Gasteiger partial charge >= 0.3 is 6.09 Å². The van der Waals surface area contributed by atoms with Crippen molar-refractivity contribution >= 4 is 27.7 Å². The van der Waals surface area contributed by atoms with Crippen molar-refractivity contribution in [2.24, 2.45) is 0 Å². The number of anilines is 1. The first kappa shape index (κ1) is 19.7. The summed E-state index contributed by atoms with van der Waals surface area (Å²) in [5, 5.41) is 0. The summed E-state index contributed by atoms with van der Waals surface area (Å²) in [5.41, 5.74) is 0.118. The van der Waals surface area contributed by atoms with E-state index in [9.17, 15) is 18.0 Å². The van der Waals surface area contributed by atoms with E-state index in [1.54, 1.807) is 39.0 Å². The number of hydrogen-bond acceptors (Lipinski definition) is 2. The minimum atomic E-state index is -1.10. The van der Waals surface area contributed by atoms with Gasteiger partial charge in [0.25, 0.3) is 0 Å². The molecule has 0 saturated carbocycles. The molecule has 7 heteroatoms. The number of hydrogen-bond donors (Lipinski definition) is 0. The van der Waals surface area contributed by atoms with Crippen LogP contribution in [0.25, 0.3) is 0 Å². The number of amides is 1. The number of carbonyl (C=O) groups is 1. The standard InChI is InChI=1S/C20H19BrF3NO2/c1-20(2,3)27-19(26)25-15(12-6-4-5-7-13(12)22)9-8-11-10-14(23)17(24)16(21)18(11)25/h4-7,10,15H,8-9H2,1-3H3. The molecule has 2 aromatic carbocycles. The van der Waals surface area contributed by atoms with E-state index < -0.39 is 35.2 Å². The molecule has 2 aromatic rings. The number of benzene rings is 2. The summed E-state index contributed by atoms with van der Waals surface area (Å²) < 4.78 is 47.8. The highest BCUT2D eigenvalue weighted by molar-refractivity contribution is 9.10. The largest absolute Gasteiger partial charge is 0.443 e. The Bertz CT molecular complexity index is 896. The molecule has 3 nitrogen and oxygen atoms in total. The van der Waals surface area contributed by atoms with Crippen molar-refractivity contribution < 1.29 is 22.7 Å². The highest BCUT2D eigenvalue weighted by Gasteiger charge is 2.38. The second-order valence-electron chi connectivity index (χ2n) is 7.42. The SMILES string of the molecule is CC(C)(C)OC(=O)N1c2c(cc(F)c(F)c2Br)CCC1c1ccccc1F. The van der Waals surface area contributed by atoms with Gasteiger partial charge in [0.15, 0.2) is 11.6 Å². The molecule has 0 N–H and O–H groups in total. The molecule has 0 bridgehead atoms. The Kier molecular flexibility index (Phi) is 5.25. The van der Waals surface area contributed by atoms with E-state index in [1.165, 1.54) is 11.0 Å². The normalized spacial score (nSPS) is 16.9. The molecule has 1 aliphatic heterocycles. The van der Waals surface area contributed by atoms with Crippen LogP contribution in [-0.2, 0) is 11.2 Å². The lowest BCUT2D eigenvalue weighted by Crippen LogP contribution is -2.42. The second kappa shape index (κ2) is 7.19. The number of carbonyl (C=O) groups excluding carboxylic acids is 1. The van der Waals surface area contributed by atoms with Gasteiger partial charge in [-0.2, -0.15) is 0 Å². The van der Waals surface area contributed by atoms with Crippen LogP contribution in [-0.4, -0.2) is 11.7 Å². The molecular weight excluding hydrogens is 423 g/mol. The van der Waals surface area contributed by atoms with Crippen molar-refractivity contribution in [3.63, 3.8) is 0 Å². The van der Waals surface area contributed by atoms with Crippen LogP contribution < -0.4 is 4.90 Å². The van der Waals surface area contributed by atoms with Gasteiger partial charge in [-0.15, -0.1) is 0 Å². The molecule has 0 saturated heterocycles. The zero-order valence-corrected chi connectivity index (χ0v) is 16.7. The van der Waals surface area contributed by atoms with E-state index in [-0.39, 0.29) is 10.2 Å². The van der Waals surface area contributed by atoms with Crippen LogP contribution in [0.3, 0.4) is 0 Å². The van der Waals surface area contributed by atoms with Crippen LogP contribution >= 0.6 is 15.9 Å². The molecule has 27 heavy (non-hydrogen) atoms. The van der Waals surface area contributed by atoms with Crippen LogP contribution in [0.4, 0.5) is 23.7 Å². The Hall–Kier alpha value is -2.02. The van der Waals surface area contributed by atoms with E-state index in [0.717, 1.165) is 6.07 Å². The maximum atomic E-state index is 14.4. The first-order valence-corrected chi connectivity index (χ1v) is 9.32. The predicted octanol–water partition coefficient (Wildman–Crippen LogP) is 6.30. The fraction of sp³-hybridized carbons (Fsp3) is 0.350. The molecule has 1 unspecified atom stereocenters. The summed E-state index contributed by atoms with van der Waals surface area (Å²) in [6, 6.07) is 6.48. The first-order valence-electron chi connectivity index (χ1n) is 8.53. The van der Waals surface area contributed by atoms with Gasteiger partial charge in [0.05, 0.1) is 16.2 Å². The zero-order valence-electron chi connectivity index (χ0n) is 15.2. The van der Waals surface area contributed by atoms with E-state index >= 15 is 0 Å². The minimum Gasteiger partial charge on any atom is -0.443 e. The maximum Gasteiger partial charge on any atom is 0.415 e. The Labute approximate surface area is 164 Å². The lowest BCUT2D eigenvalue weighted by molar-refractivity contribution is 0.0559. The van der Waals surface area contributed by atoms with Gasteiger partial charge in [0, 0.05) is 5.56 Å². The Balaban J connectivity index is 2.18. The first-order chi connectivity index (χ1) is 12.6. The summed E-state index contributed by atoms with van der Waals surface area (Å²) >= 11 is 3.07. The van der Waals surface area contributed by atoms with Gasteiger partial charge in [-0.25, -0.2) is 18.0 Å². The highest BCUT2D eigenvalue weighted by atomic mass is 79.9. The lowest BCUT2D eigenvalue weighted by atomic mass is 9.91. The maximum absolute atomic E-state index is 14.4. The van der Waals surface area contributed by atoms with Crippen molar-refractivity contribution in [3.05, 3.63) is 63.4 Å². The van der Waals surface area contributed by atoms with Gasteiger partial charge in [0.2, 0.25) is 0 Å². The third-order valence-corrected chi connectivity index (χ3v) is 5.03. The number of ether oxygens (including phenoxy) is 1. The Morgan fingerprint density at radius 3 is 2.48 bits per heavy atom. The van der Waals surface area contributed by atoms with Gasteiger partial charge in [0.1, 0.15) is 11.4 Å². The van der Waals surface area contributed by atoms with Crippen molar-refractivity contribution in [2.45, 2.75) is 45.3 Å². The number of aryl methyl sites for hydroxylation is 1. The summed E-state index contributed by atoms with van der Waals surface area (Å²) in [6.07, 6.45) is -0.0305. The molecule has 0 fully saturated rings. The van der Waals surface area contributed by atoms with Gasteiger partial charge < -0.3 is 4.74 Å². The van der Waals surface area contributed by atoms with E-state index in [1.807, 2.05) is 0 Å². The van der Waals surface area contributed by atoms with Crippen molar-refractivity contribution in [1.29, 1.82) is 0 Å². The fourth-order valence-corrected chi connectivity index (χ4v) is 3.87. The van der Waals surface area contributed by atoms with Crippen LogP contribution in [0.2, 0.25) is 0 Å². The molecule has 1 heterocycles. The summed E-state index contributed by atoms with van der Waals surface area (Å²) in [6.45, 7) is 5.11. The number of nitrogens with zero attached hydrogens (tertiary/aromatic N) is 1. The zero-order chi connectivity index (χ0) is 19.9. The second-order valence-corrected chi connectivity index (χ2v) is 8.21. The average molecular weight is 442 g/mol. The molecule has 0 aliphatic carbocycles. The molecular formula is C20H19BrF3NO2.